The van der Waals surface area contributed by atoms with E-state index in [2.05, 4.69) is 36.4 Å². The molecule has 0 N–H and O–H groups in total. The minimum atomic E-state index is -0.222. The van der Waals surface area contributed by atoms with Crippen LogP contribution in [0.4, 0.5) is 0 Å². The molecule has 4 heteroatoms. The van der Waals surface area contributed by atoms with E-state index in [1.54, 1.807) is 0 Å². The summed E-state index contributed by atoms with van der Waals surface area (Å²) in [6.45, 7) is 9.73. The molecule has 0 aromatic rings. The van der Waals surface area contributed by atoms with E-state index in [0.29, 0.717) is 17.9 Å². The van der Waals surface area contributed by atoms with E-state index < -0.39 is 0 Å². The minimum absolute atomic E-state index is 0.0326. The molecule has 1 rings (SSSR count). The quantitative estimate of drug-likeness (QED) is 0.700. The predicted molar refractivity (Wildman–Crippen MR) is 65.8 cm³/mol. The minimum Gasteiger partial charge on any atom is -0.348 e. The molecule has 0 aliphatic carbocycles. The monoisotopic (exact) mass is 236 g/mol. The van der Waals surface area contributed by atoms with Crippen molar-refractivity contribution in [2.45, 2.75) is 39.3 Å². The molecule has 0 bridgehead atoms. The van der Waals surface area contributed by atoms with Crippen LogP contribution in [0.2, 0.25) is 0 Å². The van der Waals surface area contributed by atoms with Gasteiger partial charge in [0.1, 0.15) is 0 Å². The maximum atomic E-state index is 6.00. The Morgan fingerprint density at radius 2 is 2.21 bits per heavy atom. The van der Waals surface area contributed by atoms with Crippen LogP contribution in [0.5, 0.6) is 0 Å². The normalized spacial score (nSPS) is 37.9. The topological polar surface area (TPSA) is 18.5 Å². The number of rotatable bonds is 3. The molecule has 6 unspecified atom stereocenters. The van der Waals surface area contributed by atoms with Gasteiger partial charge in [-0.25, -0.2) is 0 Å². The first-order valence-electron chi connectivity index (χ1n) is 5.30. The zero-order valence-electron chi connectivity index (χ0n) is 9.56. The van der Waals surface area contributed by atoms with Gasteiger partial charge in [0.15, 0.2) is 6.03 Å². The predicted octanol–water partition coefficient (Wildman–Crippen LogP) is 3.27. The number of ether oxygens (including phenoxy) is 2. The van der Waals surface area contributed by atoms with E-state index in [0.717, 1.165) is 6.61 Å². The first kappa shape index (κ1) is 12.8. The van der Waals surface area contributed by atoms with Gasteiger partial charge in [-0.15, -0.1) is 8.93 Å². The van der Waals surface area contributed by atoms with E-state index in [9.17, 15) is 0 Å². The van der Waals surface area contributed by atoms with Gasteiger partial charge in [0.2, 0.25) is 0 Å². The molecule has 1 aliphatic rings. The lowest BCUT2D eigenvalue weighted by Gasteiger charge is -2.39. The standard InChI is InChI=1S/C10H22O2P2/c1-5-7(2)9-8(3)6-11-10(12-9)14(4)13/h7-10H,5-6,13H2,1-4H3. The summed E-state index contributed by atoms with van der Waals surface area (Å²) in [5.74, 6) is 1.16. The van der Waals surface area contributed by atoms with Gasteiger partial charge in [0, 0.05) is 5.92 Å². The van der Waals surface area contributed by atoms with Crippen molar-refractivity contribution in [2.24, 2.45) is 11.8 Å². The highest BCUT2D eigenvalue weighted by atomic mass is 32.0. The third kappa shape index (κ3) is 3.14. The molecule has 0 radical (unpaired) electrons. The van der Waals surface area contributed by atoms with Gasteiger partial charge in [-0.3, -0.25) is 0 Å². The summed E-state index contributed by atoms with van der Waals surface area (Å²) < 4.78 is 11.7. The molecular weight excluding hydrogens is 214 g/mol. The number of hydrogen-bond acceptors (Lipinski definition) is 2. The summed E-state index contributed by atoms with van der Waals surface area (Å²) in [5, 5.41) is 0. The zero-order chi connectivity index (χ0) is 10.7. The Bertz CT molecular complexity index is 172. The summed E-state index contributed by atoms with van der Waals surface area (Å²) >= 11 is 0. The lowest BCUT2D eigenvalue weighted by molar-refractivity contribution is -0.203. The Labute approximate surface area is 91.0 Å². The van der Waals surface area contributed by atoms with Gasteiger partial charge >= 0.3 is 0 Å². The van der Waals surface area contributed by atoms with Crippen LogP contribution >= 0.6 is 16.5 Å². The van der Waals surface area contributed by atoms with Crippen molar-refractivity contribution < 1.29 is 9.47 Å². The largest absolute Gasteiger partial charge is 0.348 e. The maximum Gasteiger partial charge on any atom is 0.179 e. The molecule has 0 spiro atoms. The van der Waals surface area contributed by atoms with E-state index in [-0.39, 0.29) is 13.6 Å². The van der Waals surface area contributed by atoms with Crippen molar-refractivity contribution in [3.05, 3.63) is 0 Å². The second kappa shape index (κ2) is 5.75. The molecule has 2 nitrogen and oxygen atoms in total. The lowest BCUT2D eigenvalue weighted by atomic mass is 9.91. The van der Waals surface area contributed by atoms with Crippen molar-refractivity contribution >= 4 is 16.5 Å². The third-order valence-corrected chi connectivity index (χ3v) is 4.54. The van der Waals surface area contributed by atoms with Gasteiger partial charge in [0.05, 0.1) is 12.7 Å². The Balaban J connectivity index is 2.55. The molecule has 1 saturated heterocycles. The third-order valence-electron chi connectivity index (χ3n) is 2.87. The fourth-order valence-corrected chi connectivity index (χ4v) is 2.90. The van der Waals surface area contributed by atoms with Crippen LogP contribution in [0.3, 0.4) is 0 Å². The molecule has 1 fully saturated rings. The average molecular weight is 236 g/mol. The molecule has 84 valence electrons. The molecule has 1 aliphatic heterocycles. The van der Waals surface area contributed by atoms with Crippen LogP contribution in [0.1, 0.15) is 27.2 Å². The smallest absolute Gasteiger partial charge is 0.179 e. The maximum absolute atomic E-state index is 6.00. The van der Waals surface area contributed by atoms with Crippen molar-refractivity contribution in [3.63, 3.8) is 0 Å². The lowest BCUT2D eigenvalue weighted by Crippen LogP contribution is -2.40. The van der Waals surface area contributed by atoms with E-state index in [1.165, 1.54) is 6.42 Å². The van der Waals surface area contributed by atoms with Gasteiger partial charge in [-0.1, -0.05) is 27.2 Å². The van der Waals surface area contributed by atoms with Crippen LogP contribution < -0.4 is 0 Å². The highest BCUT2D eigenvalue weighted by Crippen LogP contribution is 2.49. The SMILES string of the molecule is CCC(C)C1OC(P(C)P)OCC1C. The van der Waals surface area contributed by atoms with Gasteiger partial charge < -0.3 is 9.47 Å². The zero-order valence-corrected chi connectivity index (χ0v) is 11.6. The van der Waals surface area contributed by atoms with Crippen LogP contribution in [-0.4, -0.2) is 25.4 Å². The molecule has 1 heterocycles. The summed E-state index contributed by atoms with van der Waals surface area (Å²) in [6, 6.07) is 0.0326. The van der Waals surface area contributed by atoms with Crippen molar-refractivity contribution in [1.82, 2.24) is 0 Å². The fourth-order valence-electron chi connectivity index (χ4n) is 1.78. The van der Waals surface area contributed by atoms with Crippen LogP contribution in [0.25, 0.3) is 0 Å². The number of hydrogen-bond donors (Lipinski definition) is 0. The van der Waals surface area contributed by atoms with Crippen LogP contribution in [-0.2, 0) is 9.47 Å². The summed E-state index contributed by atoms with van der Waals surface area (Å²) in [4.78, 5) is 0. The summed E-state index contributed by atoms with van der Waals surface area (Å²) in [5.41, 5.74) is 0. The fraction of sp³-hybridized carbons (Fsp3) is 1.00. The first-order chi connectivity index (χ1) is 6.56. The molecule has 0 amide bonds. The summed E-state index contributed by atoms with van der Waals surface area (Å²) in [7, 11) is 2.59. The molecule has 0 aromatic carbocycles. The van der Waals surface area contributed by atoms with E-state index >= 15 is 0 Å². The van der Waals surface area contributed by atoms with Crippen molar-refractivity contribution in [3.8, 4) is 0 Å². The van der Waals surface area contributed by atoms with E-state index in [1.807, 2.05) is 0 Å². The molecule has 6 atom stereocenters. The second-order valence-electron chi connectivity index (χ2n) is 4.27. The van der Waals surface area contributed by atoms with Gasteiger partial charge in [-0.05, 0) is 20.2 Å². The van der Waals surface area contributed by atoms with Gasteiger partial charge in [-0.2, -0.15) is 0 Å². The molecule has 0 saturated carbocycles. The Morgan fingerprint density at radius 1 is 1.57 bits per heavy atom. The van der Waals surface area contributed by atoms with Gasteiger partial charge in [0.25, 0.3) is 0 Å². The second-order valence-corrected chi connectivity index (χ2v) is 8.47. The van der Waals surface area contributed by atoms with Crippen molar-refractivity contribution in [2.75, 3.05) is 13.3 Å². The highest BCUT2D eigenvalue weighted by Gasteiger charge is 2.33. The Morgan fingerprint density at radius 3 is 2.71 bits per heavy atom. The Hall–Kier alpha value is 0.780. The average Bonchev–Trinajstić information content (AvgIpc) is 2.17. The van der Waals surface area contributed by atoms with Crippen LogP contribution in [0.15, 0.2) is 0 Å². The highest BCUT2D eigenvalue weighted by molar-refractivity contribution is 8.13. The molecular formula is C10H22O2P2. The summed E-state index contributed by atoms with van der Waals surface area (Å²) in [6.07, 6.45) is 1.56. The molecule has 0 aromatic heterocycles. The van der Waals surface area contributed by atoms with E-state index in [4.69, 9.17) is 9.47 Å². The van der Waals surface area contributed by atoms with Crippen molar-refractivity contribution in [1.29, 1.82) is 0 Å². The Kier molecular flexibility index (Phi) is 5.28. The van der Waals surface area contributed by atoms with Crippen LogP contribution in [0, 0.1) is 11.8 Å². The first-order valence-corrected chi connectivity index (χ1v) is 8.78. The molecule has 14 heavy (non-hydrogen) atoms.